The maximum absolute atomic E-state index is 13.5. The zero-order chi connectivity index (χ0) is 18.3. The van der Waals surface area contributed by atoms with Gasteiger partial charge in [-0.05, 0) is 29.3 Å². The van der Waals surface area contributed by atoms with Crippen LogP contribution < -0.4 is 4.90 Å². The van der Waals surface area contributed by atoms with Gasteiger partial charge in [0.15, 0.2) is 0 Å². The highest BCUT2D eigenvalue weighted by Crippen LogP contribution is 2.38. The maximum atomic E-state index is 13.5. The molecule has 1 aromatic heterocycles. The largest absolute Gasteiger partial charge is 0.356 e. The summed E-state index contributed by atoms with van der Waals surface area (Å²) in [6.07, 6.45) is 1.13. The van der Waals surface area contributed by atoms with Crippen molar-refractivity contribution in [2.45, 2.75) is 18.8 Å². The number of alkyl halides is 2. The minimum Gasteiger partial charge on any atom is -0.356 e. The van der Waals surface area contributed by atoms with Crippen LogP contribution in [0, 0.1) is 0 Å². The van der Waals surface area contributed by atoms with E-state index in [9.17, 15) is 8.78 Å². The Kier molecular flexibility index (Phi) is 4.45. The number of hydrogen-bond donors (Lipinski definition) is 0. The first-order valence-electron chi connectivity index (χ1n) is 8.26. The van der Waals surface area contributed by atoms with Crippen LogP contribution in [0.25, 0.3) is 22.0 Å². The van der Waals surface area contributed by atoms with Gasteiger partial charge < -0.3 is 4.90 Å². The molecule has 0 radical (unpaired) electrons. The average Bonchev–Trinajstić information content (AvgIpc) is 2.63. The summed E-state index contributed by atoms with van der Waals surface area (Å²) in [4.78, 5) is 10.7. The number of halogens is 4. The fourth-order valence-corrected chi connectivity index (χ4v) is 3.58. The van der Waals surface area contributed by atoms with Crippen molar-refractivity contribution >= 4 is 39.9 Å². The van der Waals surface area contributed by atoms with E-state index < -0.39 is 5.92 Å². The number of rotatable bonds is 2. The number of nitrogens with zero attached hydrogens (tertiary/aromatic N) is 3. The van der Waals surface area contributed by atoms with Crippen LogP contribution in [0.1, 0.15) is 12.8 Å². The number of aromatic nitrogens is 2. The van der Waals surface area contributed by atoms with E-state index in [-0.39, 0.29) is 25.9 Å². The van der Waals surface area contributed by atoms with Gasteiger partial charge in [-0.2, -0.15) is 0 Å². The number of hydrogen-bond acceptors (Lipinski definition) is 3. The highest BCUT2D eigenvalue weighted by molar-refractivity contribution is 6.42. The van der Waals surface area contributed by atoms with E-state index >= 15 is 0 Å². The summed E-state index contributed by atoms with van der Waals surface area (Å²) in [6.45, 7) is 0.518. The minimum atomic E-state index is -2.61. The molecule has 3 aromatic rings. The number of anilines is 1. The molecule has 7 heteroatoms. The molecule has 0 saturated carbocycles. The van der Waals surface area contributed by atoms with Crippen LogP contribution in [-0.4, -0.2) is 29.0 Å². The predicted octanol–water partition coefficient (Wildman–Crippen LogP) is 5.84. The topological polar surface area (TPSA) is 29.0 Å². The van der Waals surface area contributed by atoms with E-state index in [0.717, 1.165) is 22.0 Å². The first kappa shape index (κ1) is 17.4. The standard InChI is InChI=1S/C19H15Cl2F2N3/c20-14-5-4-12(10-15(14)21)13-2-1-3-16-17(13)18(25-11-24-16)26-8-6-19(22,23)7-9-26/h1-5,10-11H,6-9H2. The third kappa shape index (κ3) is 3.21. The number of fused-ring (bicyclic) bond motifs is 1. The molecule has 0 spiro atoms. The summed E-state index contributed by atoms with van der Waals surface area (Å²) in [5.41, 5.74) is 2.54. The van der Waals surface area contributed by atoms with Gasteiger partial charge in [0.05, 0.1) is 20.9 Å². The Hall–Kier alpha value is -1.98. The smallest absolute Gasteiger partial charge is 0.251 e. The second kappa shape index (κ2) is 6.63. The lowest BCUT2D eigenvalue weighted by Crippen LogP contribution is -2.39. The molecule has 1 fully saturated rings. The Balaban J connectivity index is 1.86. The molecule has 1 aliphatic heterocycles. The lowest BCUT2D eigenvalue weighted by atomic mass is 9.99. The first-order chi connectivity index (χ1) is 12.4. The van der Waals surface area contributed by atoms with Gasteiger partial charge in [-0.15, -0.1) is 0 Å². The molecule has 0 amide bonds. The van der Waals surface area contributed by atoms with Crippen molar-refractivity contribution in [2.75, 3.05) is 18.0 Å². The Bertz CT molecular complexity index is 963. The lowest BCUT2D eigenvalue weighted by molar-refractivity contribution is -0.0221. The van der Waals surface area contributed by atoms with Crippen LogP contribution in [0.5, 0.6) is 0 Å². The Morgan fingerprint density at radius 2 is 1.73 bits per heavy atom. The molecule has 134 valence electrons. The van der Waals surface area contributed by atoms with Gasteiger partial charge in [-0.25, -0.2) is 18.7 Å². The molecule has 2 aromatic carbocycles. The third-order valence-corrected chi connectivity index (χ3v) is 5.41. The minimum absolute atomic E-state index is 0.173. The van der Waals surface area contributed by atoms with Crippen molar-refractivity contribution in [3.05, 3.63) is 52.8 Å². The van der Waals surface area contributed by atoms with Crippen LogP contribution in [0.4, 0.5) is 14.6 Å². The molecule has 0 atom stereocenters. The van der Waals surface area contributed by atoms with Gasteiger partial charge in [0.25, 0.3) is 5.92 Å². The van der Waals surface area contributed by atoms with E-state index in [2.05, 4.69) is 9.97 Å². The van der Waals surface area contributed by atoms with Gasteiger partial charge in [-0.1, -0.05) is 41.4 Å². The van der Waals surface area contributed by atoms with Gasteiger partial charge in [0.1, 0.15) is 12.1 Å². The van der Waals surface area contributed by atoms with Crippen molar-refractivity contribution in [3.8, 4) is 11.1 Å². The van der Waals surface area contributed by atoms with E-state index in [1.165, 1.54) is 6.33 Å². The second-order valence-corrected chi connectivity index (χ2v) is 7.18. The third-order valence-electron chi connectivity index (χ3n) is 4.67. The lowest BCUT2D eigenvalue weighted by Gasteiger charge is -2.33. The fraction of sp³-hybridized carbons (Fsp3) is 0.263. The summed E-state index contributed by atoms with van der Waals surface area (Å²) >= 11 is 12.2. The second-order valence-electron chi connectivity index (χ2n) is 6.37. The van der Waals surface area contributed by atoms with Gasteiger partial charge in [0.2, 0.25) is 0 Å². The van der Waals surface area contributed by atoms with E-state index in [1.54, 1.807) is 12.1 Å². The van der Waals surface area contributed by atoms with E-state index in [1.807, 2.05) is 29.2 Å². The zero-order valence-electron chi connectivity index (χ0n) is 13.7. The highest BCUT2D eigenvalue weighted by atomic mass is 35.5. The highest BCUT2D eigenvalue weighted by Gasteiger charge is 2.35. The molecule has 1 saturated heterocycles. The quantitative estimate of drug-likeness (QED) is 0.547. The van der Waals surface area contributed by atoms with Gasteiger partial charge in [0, 0.05) is 25.9 Å². The Morgan fingerprint density at radius 1 is 0.962 bits per heavy atom. The van der Waals surface area contributed by atoms with Crippen molar-refractivity contribution < 1.29 is 8.78 Å². The zero-order valence-corrected chi connectivity index (χ0v) is 15.2. The van der Waals surface area contributed by atoms with Crippen molar-refractivity contribution in [3.63, 3.8) is 0 Å². The van der Waals surface area contributed by atoms with Crippen LogP contribution in [-0.2, 0) is 0 Å². The molecule has 0 aliphatic carbocycles. The summed E-state index contributed by atoms with van der Waals surface area (Å²) in [5, 5.41) is 1.76. The first-order valence-corrected chi connectivity index (χ1v) is 9.02. The van der Waals surface area contributed by atoms with Crippen LogP contribution >= 0.6 is 23.2 Å². The molecule has 0 unspecified atom stereocenters. The summed E-state index contributed by atoms with van der Waals surface area (Å²) in [5.74, 6) is -1.93. The fourth-order valence-electron chi connectivity index (χ4n) is 3.28. The predicted molar refractivity (Wildman–Crippen MR) is 101 cm³/mol. The molecule has 3 nitrogen and oxygen atoms in total. The normalized spacial score (nSPS) is 16.8. The molecule has 0 N–H and O–H groups in total. The molecule has 26 heavy (non-hydrogen) atoms. The van der Waals surface area contributed by atoms with E-state index in [0.29, 0.717) is 15.9 Å². The maximum Gasteiger partial charge on any atom is 0.251 e. The molecule has 4 rings (SSSR count). The molecular formula is C19H15Cl2F2N3. The molecule has 2 heterocycles. The number of piperidine rings is 1. The molecule has 1 aliphatic rings. The molecular weight excluding hydrogens is 379 g/mol. The summed E-state index contributed by atoms with van der Waals surface area (Å²) in [6, 6.07) is 11.2. The van der Waals surface area contributed by atoms with Crippen molar-refractivity contribution in [1.82, 2.24) is 9.97 Å². The molecule has 0 bridgehead atoms. The SMILES string of the molecule is FC1(F)CCN(c2ncnc3cccc(-c4ccc(Cl)c(Cl)c4)c23)CC1. The van der Waals surface area contributed by atoms with Crippen LogP contribution in [0.3, 0.4) is 0 Å². The van der Waals surface area contributed by atoms with Crippen LogP contribution in [0.15, 0.2) is 42.7 Å². The van der Waals surface area contributed by atoms with Gasteiger partial charge in [-0.3, -0.25) is 0 Å². The van der Waals surface area contributed by atoms with E-state index in [4.69, 9.17) is 23.2 Å². The Labute approximate surface area is 159 Å². The van der Waals surface area contributed by atoms with Gasteiger partial charge >= 0.3 is 0 Å². The summed E-state index contributed by atoms with van der Waals surface area (Å²) < 4.78 is 27.1. The number of benzene rings is 2. The summed E-state index contributed by atoms with van der Waals surface area (Å²) in [7, 11) is 0. The Morgan fingerprint density at radius 3 is 2.46 bits per heavy atom. The van der Waals surface area contributed by atoms with Crippen molar-refractivity contribution in [2.24, 2.45) is 0 Å². The monoisotopic (exact) mass is 393 g/mol. The van der Waals surface area contributed by atoms with Crippen LogP contribution in [0.2, 0.25) is 10.0 Å². The average molecular weight is 394 g/mol. The van der Waals surface area contributed by atoms with Crippen molar-refractivity contribution in [1.29, 1.82) is 0 Å².